The van der Waals surface area contributed by atoms with Crippen LogP contribution in [0.1, 0.15) is 18.7 Å². The number of pyridine rings is 1. The molecular weight excluding hydrogens is 244 g/mol. The maximum atomic E-state index is 5.38. The van der Waals surface area contributed by atoms with E-state index in [1.807, 2.05) is 25.1 Å². The molecule has 0 aliphatic heterocycles. The van der Waals surface area contributed by atoms with Crippen LogP contribution in [0.2, 0.25) is 0 Å². The summed E-state index contributed by atoms with van der Waals surface area (Å²) in [5.74, 6) is 6.83. The Kier molecular flexibility index (Phi) is 4.09. The van der Waals surface area contributed by atoms with Crippen molar-refractivity contribution < 1.29 is 4.74 Å². The highest BCUT2D eigenvalue weighted by atomic mass is 16.5. The van der Waals surface area contributed by atoms with Crippen LogP contribution >= 0.6 is 0 Å². The first-order valence-electron chi connectivity index (χ1n) is 5.79. The predicted octanol–water partition coefficient (Wildman–Crippen LogP) is 1.34. The molecule has 0 amide bonds. The number of rotatable bonds is 5. The highest BCUT2D eigenvalue weighted by Crippen LogP contribution is 2.30. The lowest BCUT2D eigenvalue weighted by molar-refractivity contribution is 0.414. The van der Waals surface area contributed by atoms with E-state index in [2.05, 4.69) is 25.7 Å². The minimum absolute atomic E-state index is 0.0179. The Morgan fingerprint density at radius 2 is 2.00 bits per heavy atom. The fourth-order valence-electron chi connectivity index (χ4n) is 1.68. The summed E-state index contributed by atoms with van der Waals surface area (Å²) >= 11 is 0. The maximum Gasteiger partial charge on any atom is 0.205 e. The highest BCUT2D eigenvalue weighted by Gasteiger charge is 2.14. The van der Waals surface area contributed by atoms with Gasteiger partial charge in [0.05, 0.1) is 18.8 Å². The molecule has 0 aliphatic carbocycles. The summed E-state index contributed by atoms with van der Waals surface area (Å²) in [5, 5.41) is 3.22. The Bertz CT molecular complexity index is 533. The lowest BCUT2D eigenvalue weighted by Gasteiger charge is -2.17. The smallest absolute Gasteiger partial charge is 0.205 e. The van der Waals surface area contributed by atoms with Gasteiger partial charge in [0.2, 0.25) is 5.75 Å². The molecular formula is C12H16N6O. The molecule has 0 fully saturated rings. The summed E-state index contributed by atoms with van der Waals surface area (Å²) in [4.78, 5) is 12.4. The van der Waals surface area contributed by atoms with Crippen molar-refractivity contribution in [1.82, 2.24) is 15.0 Å². The molecule has 0 spiro atoms. The van der Waals surface area contributed by atoms with Crippen molar-refractivity contribution in [2.45, 2.75) is 13.0 Å². The first kappa shape index (κ1) is 13.0. The second kappa shape index (κ2) is 5.96. The van der Waals surface area contributed by atoms with Crippen LogP contribution in [-0.2, 0) is 0 Å². The zero-order valence-corrected chi connectivity index (χ0v) is 10.8. The molecule has 0 aliphatic rings. The molecule has 0 bridgehead atoms. The maximum absolute atomic E-state index is 5.38. The van der Waals surface area contributed by atoms with E-state index >= 15 is 0 Å². The number of hydrazine groups is 1. The van der Waals surface area contributed by atoms with Crippen molar-refractivity contribution >= 4 is 11.6 Å². The third-order valence-corrected chi connectivity index (χ3v) is 2.63. The van der Waals surface area contributed by atoms with Gasteiger partial charge in [0, 0.05) is 6.20 Å². The van der Waals surface area contributed by atoms with Crippen LogP contribution in [0.25, 0.3) is 0 Å². The van der Waals surface area contributed by atoms with Crippen molar-refractivity contribution in [3.8, 4) is 5.75 Å². The van der Waals surface area contributed by atoms with E-state index in [-0.39, 0.29) is 6.04 Å². The van der Waals surface area contributed by atoms with Gasteiger partial charge in [0.25, 0.3) is 0 Å². The number of anilines is 2. The van der Waals surface area contributed by atoms with Crippen LogP contribution in [0.5, 0.6) is 5.75 Å². The molecule has 0 saturated heterocycles. The summed E-state index contributed by atoms with van der Waals surface area (Å²) in [6.45, 7) is 1.99. The van der Waals surface area contributed by atoms with E-state index in [9.17, 15) is 0 Å². The Morgan fingerprint density at radius 3 is 2.63 bits per heavy atom. The van der Waals surface area contributed by atoms with Crippen LogP contribution in [0, 0.1) is 0 Å². The van der Waals surface area contributed by atoms with Gasteiger partial charge < -0.3 is 15.5 Å². The van der Waals surface area contributed by atoms with Gasteiger partial charge in [0.15, 0.2) is 11.6 Å². The van der Waals surface area contributed by atoms with Crippen LogP contribution in [-0.4, -0.2) is 22.1 Å². The van der Waals surface area contributed by atoms with Crippen molar-refractivity contribution in [3.05, 3.63) is 36.4 Å². The second-order valence-electron chi connectivity index (χ2n) is 3.87. The summed E-state index contributed by atoms with van der Waals surface area (Å²) < 4.78 is 5.25. The Labute approximate surface area is 111 Å². The van der Waals surface area contributed by atoms with Gasteiger partial charge in [-0.1, -0.05) is 6.07 Å². The average Bonchev–Trinajstić information content (AvgIpc) is 2.47. The van der Waals surface area contributed by atoms with Gasteiger partial charge >= 0.3 is 0 Å². The minimum atomic E-state index is -0.0179. The lowest BCUT2D eigenvalue weighted by Crippen LogP contribution is -2.14. The minimum Gasteiger partial charge on any atom is -0.490 e. The molecule has 7 nitrogen and oxygen atoms in total. The van der Waals surface area contributed by atoms with Crippen LogP contribution in [0.4, 0.5) is 11.6 Å². The normalized spacial score (nSPS) is 11.7. The first-order valence-corrected chi connectivity index (χ1v) is 5.79. The molecule has 2 aromatic rings. The number of ether oxygens (including phenoxy) is 1. The number of nitrogen functional groups attached to an aromatic ring is 1. The molecule has 19 heavy (non-hydrogen) atoms. The standard InChI is InChI=1S/C12H16N6O/c1-8(9-5-3-4-6-14-9)17-11-10(19-2)12(18-13)16-7-15-11/h3-8H,13H2,1-2H3,(H2,15,16,17,18). The molecule has 1 unspecified atom stereocenters. The van der Waals surface area contributed by atoms with Crippen molar-refractivity contribution in [2.24, 2.45) is 5.84 Å². The first-order chi connectivity index (χ1) is 9.26. The number of hydrogen-bond donors (Lipinski definition) is 3. The van der Waals surface area contributed by atoms with Crippen LogP contribution in [0.15, 0.2) is 30.7 Å². The Morgan fingerprint density at radius 1 is 1.21 bits per heavy atom. The largest absolute Gasteiger partial charge is 0.490 e. The topological polar surface area (TPSA) is 98.0 Å². The predicted molar refractivity (Wildman–Crippen MR) is 72.7 cm³/mol. The summed E-state index contributed by atoms with van der Waals surface area (Å²) in [6, 6.07) is 5.73. The number of nitrogens with zero attached hydrogens (tertiary/aromatic N) is 3. The van der Waals surface area contributed by atoms with E-state index in [1.165, 1.54) is 13.4 Å². The molecule has 0 saturated carbocycles. The van der Waals surface area contributed by atoms with E-state index in [1.54, 1.807) is 6.20 Å². The van der Waals surface area contributed by atoms with Gasteiger partial charge in [-0.15, -0.1) is 0 Å². The molecule has 7 heteroatoms. The summed E-state index contributed by atoms with van der Waals surface area (Å²) in [5.41, 5.74) is 3.38. The van der Waals surface area contributed by atoms with E-state index in [4.69, 9.17) is 10.6 Å². The molecule has 2 rings (SSSR count). The van der Waals surface area contributed by atoms with Gasteiger partial charge in [-0.2, -0.15) is 0 Å². The van der Waals surface area contributed by atoms with Gasteiger partial charge in [0.1, 0.15) is 6.33 Å². The molecule has 4 N–H and O–H groups in total. The molecule has 100 valence electrons. The zero-order valence-electron chi connectivity index (χ0n) is 10.8. The highest BCUT2D eigenvalue weighted by molar-refractivity contribution is 5.63. The van der Waals surface area contributed by atoms with E-state index in [0.717, 1.165) is 5.69 Å². The number of nitrogens with two attached hydrogens (primary N) is 1. The SMILES string of the molecule is COc1c(NN)ncnc1NC(C)c1ccccn1. The molecule has 2 heterocycles. The van der Waals surface area contributed by atoms with Crippen LogP contribution < -0.4 is 21.3 Å². The summed E-state index contributed by atoms with van der Waals surface area (Å²) in [6.07, 6.45) is 3.16. The zero-order chi connectivity index (χ0) is 13.7. The van der Waals surface area contributed by atoms with E-state index in [0.29, 0.717) is 17.4 Å². The number of aromatic nitrogens is 3. The molecule has 2 aromatic heterocycles. The number of hydrogen-bond acceptors (Lipinski definition) is 7. The lowest BCUT2D eigenvalue weighted by atomic mass is 10.2. The Hall–Kier alpha value is -2.41. The van der Waals surface area contributed by atoms with Crippen molar-refractivity contribution in [1.29, 1.82) is 0 Å². The Balaban J connectivity index is 2.24. The summed E-state index contributed by atoms with van der Waals surface area (Å²) in [7, 11) is 1.54. The van der Waals surface area contributed by atoms with Gasteiger partial charge in [-0.05, 0) is 19.1 Å². The molecule has 1 atom stereocenters. The fraction of sp³-hybridized carbons (Fsp3) is 0.250. The van der Waals surface area contributed by atoms with Gasteiger partial charge in [-0.25, -0.2) is 15.8 Å². The van der Waals surface area contributed by atoms with Crippen LogP contribution in [0.3, 0.4) is 0 Å². The monoisotopic (exact) mass is 260 g/mol. The average molecular weight is 260 g/mol. The third-order valence-electron chi connectivity index (χ3n) is 2.63. The second-order valence-corrected chi connectivity index (χ2v) is 3.87. The molecule has 0 aromatic carbocycles. The van der Waals surface area contributed by atoms with Gasteiger partial charge in [-0.3, -0.25) is 4.98 Å². The number of nitrogens with one attached hydrogen (secondary N) is 2. The third kappa shape index (κ3) is 2.89. The quantitative estimate of drug-likeness (QED) is 0.551. The van der Waals surface area contributed by atoms with E-state index < -0.39 is 0 Å². The van der Waals surface area contributed by atoms with Crippen molar-refractivity contribution in [2.75, 3.05) is 17.9 Å². The molecule has 0 radical (unpaired) electrons. The number of methoxy groups -OCH3 is 1. The van der Waals surface area contributed by atoms with Crippen molar-refractivity contribution in [3.63, 3.8) is 0 Å². The fourth-order valence-corrected chi connectivity index (χ4v) is 1.68.